The van der Waals surface area contributed by atoms with Crippen LogP contribution in [0, 0.1) is 5.92 Å². The van der Waals surface area contributed by atoms with Crippen molar-refractivity contribution in [1.29, 1.82) is 0 Å². The Morgan fingerprint density at radius 3 is 2.77 bits per heavy atom. The van der Waals surface area contributed by atoms with Gasteiger partial charge in [0.15, 0.2) is 0 Å². The first-order valence-corrected chi connectivity index (χ1v) is 5.05. The van der Waals surface area contributed by atoms with E-state index in [2.05, 4.69) is 6.07 Å². The third-order valence-electron chi connectivity index (χ3n) is 2.93. The minimum absolute atomic E-state index is 0.303. The van der Waals surface area contributed by atoms with Crippen LogP contribution in [0.25, 0.3) is 0 Å². The van der Waals surface area contributed by atoms with Crippen LogP contribution in [0.5, 0.6) is 0 Å². The molecule has 0 spiro atoms. The highest BCUT2D eigenvalue weighted by Gasteiger charge is 2.31. The number of hydrogen-bond acceptors (Lipinski definition) is 1. The van der Waals surface area contributed by atoms with E-state index in [1.807, 2.05) is 18.2 Å². The molecule has 0 aliphatic heterocycles. The van der Waals surface area contributed by atoms with Crippen LogP contribution in [0.4, 0.5) is 0 Å². The number of aliphatic hydroxyl groups excluding tert-OH is 1. The highest BCUT2D eigenvalue weighted by Crippen LogP contribution is 2.42. The molecule has 2 unspecified atom stereocenters. The van der Waals surface area contributed by atoms with Crippen molar-refractivity contribution >= 4 is 11.6 Å². The largest absolute Gasteiger partial charge is 0.396 e. The molecule has 1 aliphatic carbocycles. The van der Waals surface area contributed by atoms with Gasteiger partial charge in [-0.1, -0.05) is 23.7 Å². The van der Waals surface area contributed by atoms with Gasteiger partial charge in [0.1, 0.15) is 0 Å². The molecule has 1 aromatic carbocycles. The van der Waals surface area contributed by atoms with E-state index < -0.39 is 0 Å². The third-order valence-corrected chi connectivity index (χ3v) is 3.16. The topological polar surface area (TPSA) is 20.2 Å². The average Bonchev–Trinajstić information content (AvgIpc) is 2.03. The Bertz CT molecular complexity index is 296. The summed E-state index contributed by atoms with van der Waals surface area (Å²) in [6.07, 6.45) is 2.33. The summed E-state index contributed by atoms with van der Waals surface area (Å²) in [6.45, 7) is 0.303. The summed E-state index contributed by atoms with van der Waals surface area (Å²) in [7, 11) is 0. The van der Waals surface area contributed by atoms with Crippen LogP contribution in [0.1, 0.15) is 24.3 Å². The van der Waals surface area contributed by atoms with E-state index >= 15 is 0 Å². The van der Waals surface area contributed by atoms with Crippen LogP contribution in [0.2, 0.25) is 5.02 Å². The van der Waals surface area contributed by atoms with Crippen molar-refractivity contribution in [1.82, 2.24) is 0 Å². The van der Waals surface area contributed by atoms with Crippen LogP contribution in [0.15, 0.2) is 24.3 Å². The molecule has 1 aliphatic rings. The summed E-state index contributed by atoms with van der Waals surface area (Å²) in [5.74, 6) is 0.988. The standard InChI is InChI=1S/C11H13ClO/c12-10-3-1-2-8(6-10)11-5-4-9(11)7-13/h1-3,6,9,11,13H,4-5,7H2. The number of benzene rings is 1. The van der Waals surface area contributed by atoms with Crippen molar-refractivity contribution in [3.63, 3.8) is 0 Å². The van der Waals surface area contributed by atoms with Crippen molar-refractivity contribution in [3.05, 3.63) is 34.9 Å². The average molecular weight is 197 g/mol. The molecule has 0 heterocycles. The molecule has 0 aromatic heterocycles. The molecular formula is C11H13ClO. The van der Waals surface area contributed by atoms with Crippen molar-refractivity contribution in [2.24, 2.45) is 5.92 Å². The van der Waals surface area contributed by atoms with Gasteiger partial charge < -0.3 is 5.11 Å². The van der Waals surface area contributed by atoms with Gasteiger partial charge in [0, 0.05) is 11.6 Å². The SMILES string of the molecule is OCC1CCC1c1cccc(Cl)c1. The predicted molar refractivity (Wildman–Crippen MR) is 54.0 cm³/mol. The summed E-state index contributed by atoms with van der Waals surface area (Å²) in [5, 5.41) is 9.85. The maximum atomic E-state index is 9.05. The van der Waals surface area contributed by atoms with E-state index in [0.29, 0.717) is 18.4 Å². The Labute approximate surface area is 83.3 Å². The van der Waals surface area contributed by atoms with Crippen molar-refractivity contribution in [3.8, 4) is 0 Å². The van der Waals surface area contributed by atoms with Gasteiger partial charge >= 0.3 is 0 Å². The molecule has 0 amide bonds. The van der Waals surface area contributed by atoms with Crippen molar-refractivity contribution in [2.45, 2.75) is 18.8 Å². The molecule has 0 radical (unpaired) electrons. The van der Waals surface area contributed by atoms with Crippen LogP contribution >= 0.6 is 11.6 Å². The van der Waals surface area contributed by atoms with E-state index in [4.69, 9.17) is 16.7 Å². The van der Waals surface area contributed by atoms with Gasteiger partial charge in [-0.15, -0.1) is 0 Å². The first kappa shape index (κ1) is 9.04. The zero-order valence-electron chi connectivity index (χ0n) is 7.41. The number of hydrogen-bond donors (Lipinski definition) is 1. The lowest BCUT2D eigenvalue weighted by Crippen LogP contribution is -2.26. The summed E-state index contributed by atoms with van der Waals surface area (Å²) < 4.78 is 0. The number of aliphatic hydroxyl groups is 1. The number of rotatable bonds is 2. The number of halogens is 1. The van der Waals surface area contributed by atoms with Crippen molar-refractivity contribution < 1.29 is 5.11 Å². The second-order valence-electron chi connectivity index (χ2n) is 3.68. The van der Waals surface area contributed by atoms with E-state index in [-0.39, 0.29) is 0 Å². The van der Waals surface area contributed by atoms with Crippen LogP contribution < -0.4 is 0 Å². The normalized spacial score (nSPS) is 26.9. The molecule has 70 valence electrons. The maximum Gasteiger partial charge on any atom is 0.0465 e. The third kappa shape index (κ3) is 1.72. The molecule has 1 fully saturated rings. The lowest BCUT2D eigenvalue weighted by Gasteiger charge is -2.35. The maximum absolute atomic E-state index is 9.05. The first-order chi connectivity index (χ1) is 6.31. The summed E-state index contributed by atoms with van der Waals surface area (Å²) in [4.78, 5) is 0. The van der Waals surface area contributed by atoms with E-state index in [9.17, 15) is 0 Å². The minimum Gasteiger partial charge on any atom is -0.396 e. The van der Waals surface area contributed by atoms with E-state index in [0.717, 1.165) is 11.4 Å². The smallest absolute Gasteiger partial charge is 0.0465 e. The molecule has 1 nitrogen and oxygen atoms in total. The van der Waals surface area contributed by atoms with Crippen molar-refractivity contribution in [2.75, 3.05) is 6.61 Å². The van der Waals surface area contributed by atoms with Gasteiger partial charge in [-0.05, 0) is 42.4 Å². The first-order valence-electron chi connectivity index (χ1n) is 4.67. The fourth-order valence-electron chi connectivity index (χ4n) is 1.96. The van der Waals surface area contributed by atoms with Gasteiger partial charge in [-0.2, -0.15) is 0 Å². The van der Waals surface area contributed by atoms with Crippen LogP contribution in [-0.4, -0.2) is 11.7 Å². The van der Waals surface area contributed by atoms with Gasteiger partial charge in [-0.25, -0.2) is 0 Å². The Morgan fingerprint density at radius 2 is 2.23 bits per heavy atom. The molecule has 2 heteroatoms. The zero-order chi connectivity index (χ0) is 9.26. The molecule has 0 bridgehead atoms. The molecule has 0 saturated heterocycles. The second kappa shape index (κ2) is 3.69. The van der Waals surface area contributed by atoms with E-state index in [1.54, 1.807) is 0 Å². The highest BCUT2D eigenvalue weighted by molar-refractivity contribution is 6.30. The van der Waals surface area contributed by atoms with Gasteiger partial charge in [0.05, 0.1) is 0 Å². The van der Waals surface area contributed by atoms with Gasteiger partial charge in [0.25, 0.3) is 0 Å². The quantitative estimate of drug-likeness (QED) is 0.772. The summed E-state index contributed by atoms with van der Waals surface area (Å²) in [5.41, 5.74) is 1.28. The fraction of sp³-hybridized carbons (Fsp3) is 0.455. The second-order valence-corrected chi connectivity index (χ2v) is 4.12. The Kier molecular flexibility index (Phi) is 2.56. The molecule has 1 aromatic rings. The Hall–Kier alpha value is -0.530. The molecular weight excluding hydrogens is 184 g/mol. The fourth-order valence-corrected chi connectivity index (χ4v) is 2.16. The van der Waals surface area contributed by atoms with E-state index in [1.165, 1.54) is 12.0 Å². The van der Waals surface area contributed by atoms with Gasteiger partial charge in [-0.3, -0.25) is 0 Å². The molecule has 1 saturated carbocycles. The zero-order valence-corrected chi connectivity index (χ0v) is 8.17. The highest BCUT2D eigenvalue weighted by atomic mass is 35.5. The predicted octanol–water partition coefficient (Wildman–Crippen LogP) is 2.83. The Balaban J connectivity index is 2.16. The lowest BCUT2D eigenvalue weighted by molar-refractivity contribution is 0.135. The molecule has 13 heavy (non-hydrogen) atoms. The lowest BCUT2D eigenvalue weighted by atomic mass is 9.70. The molecule has 2 rings (SSSR count). The van der Waals surface area contributed by atoms with Gasteiger partial charge in [0.2, 0.25) is 0 Å². The van der Waals surface area contributed by atoms with Crippen LogP contribution in [0.3, 0.4) is 0 Å². The summed E-state index contributed by atoms with van der Waals surface area (Å²) in [6, 6.07) is 7.97. The minimum atomic E-state index is 0.303. The monoisotopic (exact) mass is 196 g/mol. The summed E-state index contributed by atoms with van der Waals surface area (Å²) >= 11 is 5.90. The molecule has 1 N–H and O–H groups in total. The van der Waals surface area contributed by atoms with Crippen LogP contribution in [-0.2, 0) is 0 Å². The Morgan fingerprint density at radius 1 is 1.38 bits per heavy atom. The molecule has 2 atom stereocenters.